The maximum absolute atomic E-state index is 11.7. The lowest BCUT2D eigenvalue weighted by molar-refractivity contribution is -0.173. The molecule has 0 aromatic heterocycles. The fourth-order valence-corrected chi connectivity index (χ4v) is 3.37. The first-order valence-electron chi connectivity index (χ1n) is 9.28. The molecule has 156 valence electrons. The SMILES string of the molecule is CC(=O)O[C@H]1[C@@H]([C@H]2COC(C)(C)O2)O/C(=C/c2ccc(C=O)cc2)[C@@H]1OC(C)=O. The van der Waals surface area contributed by atoms with Crippen LogP contribution in [0.2, 0.25) is 0 Å². The molecule has 0 N–H and O–H groups in total. The highest BCUT2D eigenvalue weighted by Crippen LogP contribution is 2.37. The van der Waals surface area contributed by atoms with Crippen molar-refractivity contribution >= 4 is 24.3 Å². The van der Waals surface area contributed by atoms with Gasteiger partial charge in [0, 0.05) is 19.4 Å². The predicted molar refractivity (Wildman–Crippen MR) is 101 cm³/mol. The lowest BCUT2D eigenvalue weighted by Crippen LogP contribution is -2.44. The zero-order valence-electron chi connectivity index (χ0n) is 16.7. The summed E-state index contributed by atoms with van der Waals surface area (Å²) < 4.78 is 28.4. The summed E-state index contributed by atoms with van der Waals surface area (Å²) in [6.07, 6.45) is -0.629. The molecule has 0 unspecified atom stereocenters. The molecule has 0 bridgehead atoms. The Bertz CT molecular complexity index is 810. The molecule has 0 spiro atoms. The molecule has 0 radical (unpaired) electrons. The molecule has 0 amide bonds. The summed E-state index contributed by atoms with van der Waals surface area (Å²) in [5.41, 5.74) is 1.26. The van der Waals surface area contributed by atoms with Crippen LogP contribution in [0.3, 0.4) is 0 Å². The molecule has 1 aromatic carbocycles. The molecule has 8 heteroatoms. The zero-order valence-corrected chi connectivity index (χ0v) is 16.7. The van der Waals surface area contributed by atoms with Gasteiger partial charge < -0.3 is 23.7 Å². The topological polar surface area (TPSA) is 97.4 Å². The Kier molecular flexibility index (Phi) is 6.04. The second kappa shape index (κ2) is 8.34. The number of aldehydes is 1. The van der Waals surface area contributed by atoms with Gasteiger partial charge in [-0.05, 0) is 25.5 Å². The van der Waals surface area contributed by atoms with Gasteiger partial charge in [-0.15, -0.1) is 0 Å². The average molecular weight is 404 g/mol. The molecule has 29 heavy (non-hydrogen) atoms. The van der Waals surface area contributed by atoms with Crippen LogP contribution in [0, 0.1) is 0 Å². The molecule has 4 atom stereocenters. The third-order valence-electron chi connectivity index (χ3n) is 4.55. The van der Waals surface area contributed by atoms with Crippen molar-refractivity contribution in [2.75, 3.05) is 6.61 Å². The second-order valence-corrected chi connectivity index (χ2v) is 7.38. The molecule has 1 aromatic rings. The van der Waals surface area contributed by atoms with Gasteiger partial charge in [-0.1, -0.05) is 24.3 Å². The Morgan fingerprint density at radius 3 is 2.21 bits per heavy atom. The van der Waals surface area contributed by atoms with E-state index in [1.54, 1.807) is 44.2 Å². The van der Waals surface area contributed by atoms with Gasteiger partial charge in [0.2, 0.25) is 0 Å². The van der Waals surface area contributed by atoms with E-state index >= 15 is 0 Å². The van der Waals surface area contributed by atoms with Crippen LogP contribution in [0.1, 0.15) is 43.6 Å². The lowest BCUT2D eigenvalue weighted by Gasteiger charge is -2.25. The number of esters is 2. The summed E-state index contributed by atoms with van der Waals surface area (Å²) in [5.74, 6) is -1.55. The first kappa shape index (κ1) is 21.0. The minimum atomic E-state index is -0.931. The van der Waals surface area contributed by atoms with Gasteiger partial charge in [-0.2, -0.15) is 0 Å². The molecule has 0 saturated carbocycles. The van der Waals surface area contributed by atoms with E-state index in [2.05, 4.69) is 0 Å². The number of hydrogen-bond acceptors (Lipinski definition) is 8. The van der Waals surface area contributed by atoms with Crippen molar-refractivity contribution in [2.45, 2.75) is 57.9 Å². The number of hydrogen-bond donors (Lipinski definition) is 0. The highest BCUT2D eigenvalue weighted by Gasteiger charge is 2.53. The van der Waals surface area contributed by atoms with Gasteiger partial charge in [0.25, 0.3) is 0 Å². The fraction of sp³-hybridized carbons (Fsp3) is 0.476. The summed E-state index contributed by atoms with van der Waals surface area (Å²) in [6, 6.07) is 6.79. The van der Waals surface area contributed by atoms with E-state index in [0.717, 1.165) is 11.8 Å². The largest absolute Gasteiger partial charge is 0.484 e. The van der Waals surface area contributed by atoms with Crippen LogP contribution in [0.15, 0.2) is 30.0 Å². The third-order valence-corrected chi connectivity index (χ3v) is 4.55. The van der Waals surface area contributed by atoms with Crippen LogP contribution in [-0.2, 0) is 33.3 Å². The Morgan fingerprint density at radius 1 is 1.07 bits per heavy atom. The molecule has 2 saturated heterocycles. The van der Waals surface area contributed by atoms with E-state index in [1.165, 1.54) is 13.8 Å². The van der Waals surface area contributed by atoms with E-state index < -0.39 is 42.1 Å². The maximum Gasteiger partial charge on any atom is 0.303 e. The first-order valence-corrected chi connectivity index (χ1v) is 9.28. The molecule has 8 nitrogen and oxygen atoms in total. The van der Waals surface area contributed by atoms with Crippen molar-refractivity contribution in [1.29, 1.82) is 0 Å². The molecule has 3 rings (SSSR count). The van der Waals surface area contributed by atoms with Crippen molar-refractivity contribution in [3.8, 4) is 0 Å². The molecule has 2 aliphatic rings. The van der Waals surface area contributed by atoms with E-state index in [1.807, 2.05) is 0 Å². The molecular weight excluding hydrogens is 380 g/mol. The normalized spacial score (nSPS) is 29.3. The predicted octanol–water partition coefficient (Wildman–Crippen LogP) is 2.25. The summed E-state index contributed by atoms with van der Waals surface area (Å²) in [6.45, 7) is 6.34. The summed E-state index contributed by atoms with van der Waals surface area (Å²) in [5, 5.41) is 0. The minimum absolute atomic E-state index is 0.240. The summed E-state index contributed by atoms with van der Waals surface area (Å²) in [7, 11) is 0. The van der Waals surface area contributed by atoms with Crippen LogP contribution in [0.25, 0.3) is 6.08 Å². The van der Waals surface area contributed by atoms with Crippen molar-refractivity contribution < 1.29 is 38.1 Å². The van der Waals surface area contributed by atoms with Crippen LogP contribution in [0.5, 0.6) is 0 Å². The molecule has 0 aliphatic carbocycles. The van der Waals surface area contributed by atoms with Gasteiger partial charge in [-0.3, -0.25) is 14.4 Å². The van der Waals surface area contributed by atoms with Crippen LogP contribution >= 0.6 is 0 Å². The second-order valence-electron chi connectivity index (χ2n) is 7.38. The van der Waals surface area contributed by atoms with Gasteiger partial charge in [-0.25, -0.2) is 0 Å². The number of benzene rings is 1. The van der Waals surface area contributed by atoms with Gasteiger partial charge >= 0.3 is 11.9 Å². The number of carbonyl (C=O) groups excluding carboxylic acids is 3. The van der Waals surface area contributed by atoms with Gasteiger partial charge in [0.1, 0.15) is 18.1 Å². The highest BCUT2D eigenvalue weighted by atomic mass is 16.8. The summed E-state index contributed by atoms with van der Waals surface area (Å²) in [4.78, 5) is 34.3. The minimum Gasteiger partial charge on any atom is -0.484 e. The lowest BCUT2D eigenvalue weighted by atomic mass is 10.0. The zero-order chi connectivity index (χ0) is 21.2. The fourth-order valence-electron chi connectivity index (χ4n) is 3.37. The Hall–Kier alpha value is -2.71. The number of carbonyl (C=O) groups is 3. The van der Waals surface area contributed by atoms with E-state index in [0.29, 0.717) is 11.3 Å². The Balaban J connectivity index is 1.94. The van der Waals surface area contributed by atoms with Crippen molar-refractivity contribution in [2.24, 2.45) is 0 Å². The summed E-state index contributed by atoms with van der Waals surface area (Å²) >= 11 is 0. The van der Waals surface area contributed by atoms with E-state index in [9.17, 15) is 14.4 Å². The van der Waals surface area contributed by atoms with Gasteiger partial charge in [0.05, 0.1) is 6.61 Å². The van der Waals surface area contributed by atoms with Crippen LogP contribution in [-0.4, -0.2) is 55.0 Å². The van der Waals surface area contributed by atoms with Crippen molar-refractivity contribution in [3.05, 3.63) is 41.2 Å². The molecule has 2 heterocycles. The molecule has 2 fully saturated rings. The molecular formula is C21H24O8. The Morgan fingerprint density at radius 2 is 1.69 bits per heavy atom. The van der Waals surface area contributed by atoms with Crippen molar-refractivity contribution in [1.82, 2.24) is 0 Å². The van der Waals surface area contributed by atoms with Crippen molar-refractivity contribution in [3.63, 3.8) is 0 Å². The van der Waals surface area contributed by atoms with E-state index in [-0.39, 0.29) is 6.61 Å². The smallest absolute Gasteiger partial charge is 0.303 e. The number of rotatable bonds is 5. The van der Waals surface area contributed by atoms with Crippen LogP contribution < -0.4 is 0 Å². The van der Waals surface area contributed by atoms with Crippen LogP contribution in [0.4, 0.5) is 0 Å². The number of ether oxygens (including phenoxy) is 5. The first-order chi connectivity index (χ1) is 13.7. The molecule has 2 aliphatic heterocycles. The van der Waals surface area contributed by atoms with E-state index in [4.69, 9.17) is 23.7 Å². The highest BCUT2D eigenvalue weighted by molar-refractivity contribution is 5.75. The maximum atomic E-state index is 11.7. The standard InChI is InChI=1S/C21H24O8/c1-12(23)26-18-16(9-14-5-7-15(10-22)8-6-14)28-19(20(18)27-13(2)24)17-11-25-21(3,4)29-17/h5-10,17-20H,11H2,1-4H3/b16-9+/t17-,18+,19-,20-/m1/s1. The van der Waals surface area contributed by atoms with Gasteiger partial charge in [0.15, 0.2) is 24.1 Å². The quantitative estimate of drug-likeness (QED) is 0.545. The third kappa shape index (κ3) is 5.02. The average Bonchev–Trinajstić information content (AvgIpc) is 3.16. The Labute approximate surface area is 168 Å². The monoisotopic (exact) mass is 404 g/mol.